The number of hydrogen-bond acceptors (Lipinski definition) is 5. The molecule has 0 N–H and O–H groups in total. The number of nitrogens with zero attached hydrogens (tertiary/aromatic N) is 1. The van der Waals surface area contributed by atoms with Crippen LogP contribution in [0, 0.1) is 0 Å². The molecule has 0 radical (unpaired) electrons. The van der Waals surface area contributed by atoms with Crippen LogP contribution >= 0.6 is 0 Å². The van der Waals surface area contributed by atoms with Crippen molar-refractivity contribution in [1.29, 1.82) is 0 Å². The number of esters is 1. The van der Waals surface area contributed by atoms with E-state index in [4.69, 9.17) is 14.2 Å². The molecule has 0 unspecified atom stereocenters. The summed E-state index contributed by atoms with van der Waals surface area (Å²) in [5.41, 5.74) is 0.868. The number of methoxy groups -OCH3 is 1. The van der Waals surface area contributed by atoms with Gasteiger partial charge in [0.15, 0.2) is 6.79 Å². The number of rotatable bonds is 6. The fourth-order valence-corrected chi connectivity index (χ4v) is 2.74. The molecule has 0 atom stereocenters. The maximum atomic E-state index is 12.7. The molecule has 1 aromatic carbocycles. The number of ether oxygens (including phenoxy) is 3. The molecular formula is C18H22F3NO4. The molecule has 8 heteroatoms. The van der Waals surface area contributed by atoms with Crippen LogP contribution in [0.3, 0.4) is 0 Å². The Morgan fingerprint density at radius 1 is 1.12 bits per heavy atom. The van der Waals surface area contributed by atoms with E-state index in [1.807, 2.05) is 4.90 Å². The van der Waals surface area contributed by atoms with Gasteiger partial charge in [-0.15, -0.1) is 0 Å². The van der Waals surface area contributed by atoms with Crippen molar-refractivity contribution in [2.45, 2.75) is 25.9 Å². The first kappa shape index (κ1) is 20.1. The van der Waals surface area contributed by atoms with Crippen LogP contribution in [0.4, 0.5) is 18.9 Å². The minimum absolute atomic E-state index is 0.0553. The summed E-state index contributed by atoms with van der Waals surface area (Å²) in [4.78, 5) is 14.0. The predicted molar refractivity (Wildman–Crippen MR) is 89.5 cm³/mol. The van der Waals surface area contributed by atoms with E-state index in [-0.39, 0.29) is 19.2 Å². The predicted octanol–water partition coefficient (Wildman–Crippen LogP) is 3.74. The zero-order chi connectivity index (χ0) is 19.2. The number of hydrogen-bond donors (Lipinski definition) is 0. The van der Waals surface area contributed by atoms with Crippen LogP contribution in [0.25, 0.3) is 0 Å². The number of piperidine rings is 1. The number of alkyl halides is 3. The Kier molecular flexibility index (Phi) is 6.90. The van der Waals surface area contributed by atoms with E-state index in [2.05, 4.69) is 0 Å². The minimum atomic E-state index is -4.34. The monoisotopic (exact) mass is 373 g/mol. The van der Waals surface area contributed by atoms with Gasteiger partial charge in [-0.2, -0.15) is 13.2 Å². The first-order chi connectivity index (χ1) is 12.4. The summed E-state index contributed by atoms with van der Waals surface area (Å²) in [6.07, 6.45) is -3.23. The van der Waals surface area contributed by atoms with Gasteiger partial charge in [0.05, 0.1) is 12.2 Å². The highest BCUT2D eigenvalue weighted by Gasteiger charge is 2.30. The quantitative estimate of drug-likeness (QED) is 0.329. The molecule has 0 amide bonds. The van der Waals surface area contributed by atoms with Gasteiger partial charge >= 0.3 is 12.1 Å². The minimum Gasteiger partial charge on any atom is -0.460 e. The van der Waals surface area contributed by atoms with Crippen molar-refractivity contribution < 1.29 is 32.2 Å². The number of carbonyl (C=O) groups excluding carboxylic acids is 1. The molecule has 1 heterocycles. The van der Waals surface area contributed by atoms with Crippen LogP contribution in [0.5, 0.6) is 0 Å². The fourth-order valence-electron chi connectivity index (χ4n) is 2.74. The Morgan fingerprint density at radius 3 is 2.23 bits per heavy atom. The molecular weight excluding hydrogens is 351 g/mol. The summed E-state index contributed by atoms with van der Waals surface area (Å²) in [5.74, 6) is -0.358. The number of benzene rings is 1. The number of carbonyl (C=O) groups is 1. The topological polar surface area (TPSA) is 48.0 Å². The smallest absolute Gasteiger partial charge is 0.416 e. The molecule has 1 aliphatic heterocycles. The third kappa shape index (κ3) is 5.14. The van der Waals surface area contributed by atoms with Crippen LogP contribution in [0.15, 0.2) is 35.6 Å². The van der Waals surface area contributed by atoms with Crippen molar-refractivity contribution >= 4 is 11.7 Å². The fraction of sp³-hybridized carbons (Fsp3) is 0.500. The van der Waals surface area contributed by atoms with Gasteiger partial charge in [0.25, 0.3) is 0 Å². The van der Waals surface area contributed by atoms with Gasteiger partial charge in [0.2, 0.25) is 5.76 Å². The third-order valence-corrected chi connectivity index (χ3v) is 4.03. The summed E-state index contributed by atoms with van der Waals surface area (Å²) in [5, 5.41) is 0. The maximum Gasteiger partial charge on any atom is 0.416 e. The second kappa shape index (κ2) is 8.93. The van der Waals surface area contributed by atoms with Crippen molar-refractivity contribution in [2.24, 2.45) is 0 Å². The van der Waals surface area contributed by atoms with Crippen LogP contribution in [-0.4, -0.2) is 39.6 Å². The summed E-state index contributed by atoms with van der Waals surface area (Å²) >= 11 is 0. The highest BCUT2D eigenvalue weighted by Crippen LogP contribution is 2.32. The van der Waals surface area contributed by atoms with Gasteiger partial charge in [-0.25, -0.2) is 4.79 Å². The molecule has 1 fully saturated rings. The molecule has 0 spiro atoms. The van der Waals surface area contributed by atoms with Crippen molar-refractivity contribution in [1.82, 2.24) is 0 Å². The van der Waals surface area contributed by atoms with Crippen LogP contribution in [-0.2, 0) is 25.2 Å². The maximum absolute atomic E-state index is 12.7. The molecule has 1 saturated heterocycles. The number of anilines is 1. The van der Waals surface area contributed by atoms with Gasteiger partial charge in [0, 0.05) is 25.9 Å². The van der Waals surface area contributed by atoms with Crippen molar-refractivity contribution in [3.63, 3.8) is 0 Å². The summed E-state index contributed by atoms with van der Waals surface area (Å²) < 4.78 is 53.2. The highest BCUT2D eigenvalue weighted by molar-refractivity contribution is 5.87. The Hall–Kier alpha value is -2.22. The second-order valence-corrected chi connectivity index (χ2v) is 5.74. The van der Waals surface area contributed by atoms with Gasteiger partial charge in [-0.05, 0) is 49.6 Å². The van der Waals surface area contributed by atoms with Gasteiger partial charge in [0.1, 0.15) is 0 Å². The molecule has 1 aromatic rings. The zero-order valence-corrected chi connectivity index (χ0v) is 14.8. The molecule has 5 nitrogen and oxygen atoms in total. The van der Waals surface area contributed by atoms with Crippen molar-refractivity contribution in [2.75, 3.05) is 38.5 Å². The van der Waals surface area contributed by atoms with E-state index < -0.39 is 17.7 Å². The first-order valence-electron chi connectivity index (χ1n) is 8.30. The Labute approximate surface area is 150 Å². The van der Waals surface area contributed by atoms with E-state index in [0.29, 0.717) is 31.6 Å². The van der Waals surface area contributed by atoms with E-state index in [1.54, 1.807) is 6.92 Å². The summed E-state index contributed by atoms with van der Waals surface area (Å²) in [6.45, 7) is 3.04. The van der Waals surface area contributed by atoms with Crippen molar-refractivity contribution in [3.05, 3.63) is 41.2 Å². The molecule has 0 saturated carbocycles. The van der Waals surface area contributed by atoms with E-state index in [0.717, 1.165) is 17.7 Å². The molecule has 1 aliphatic rings. The average Bonchev–Trinajstić information content (AvgIpc) is 2.62. The number of halogens is 3. The Balaban J connectivity index is 2.07. The van der Waals surface area contributed by atoms with Crippen LogP contribution in [0.2, 0.25) is 0 Å². The molecule has 144 valence electrons. The summed E-state index contributed by atoms with van der Waals surface area (Å²) in [6, 6.07) is 5.08. The third-order valence-electron chi connectivity index (χ3n) is 4.03. The molecule has 2 rings (SSSR count). The Morgan fingerprint density at radius 2 is 1.73 bits per heavy atom. The van der Waals surface area contributed by atoms with Crippen LogP contribution in [0.1, 0.15) is 25.3 Å². The highest BCUT2D eigenvalue weighted by atomic mass is 19.4. The largest absolute Gasteiger partial charge is 0.460 e. The van der Waals surface area contributed by atoms with E-state index >= 15 is 0 Å². The standard InChI is InChI=1S/C18H22F3NO4/c1-3-25-17(23)16(26-12-24-2)13-8-10-22(11-9-13)15-6-4-14(5-7-15)18(19,20)21/h4-7H,3,8-12H2,1-2H3. The van der Waals surface area contributed by atoms with E-state index in [9.17, 15) is 18.0 Å². The lowest BCUT2D eigenvalue weighted by atomic mass is 10.0. The lowest BCUT2D eigenvalue weighted by Gasteiger charge is -2.31. The van der Waals surface area contributed by atoms with Gasteiger partial charge in [-0.1, -0.05) is 0 Å². The molecule has 0 aliphatic carbocycles. The second-order valence-electron chi connectivity index (χ2n) is 5.74. The summed E-state index contributed by atoms with van der Waals surface area (Å²) in [7, 11) is 1.46. The zero-order valence-electron chi connectivity index (χ0n) is 14.8. The first-order valence-corrected chi connectivity index (χ1v) is 8.30. The lowest BCUT2D eigenvalue weighted by molar-refractivity contribution is -0.145. The Bertz CT molecular complexity index is 631. The van der Waals surface area contributed by atoms with Crippen LogP contribution < -0.4 is 4.90 Å². The molecule has 0 bridgehead atoms. The molecule has 26 heavy (non-hydrogen) atoms. The normalized spacial score (nSPS) is 15.0. The van der Waals surface area contributed by atoms with Gasteiger partial charge in [-0.3, -0.25) is 0 Å². The van der Waals surface area contributed by atoms with Crippen molar-refractivity contribution in [3.8, 4) is 0 Å². The molecule has 0 aromatic heterocycles. The SMILES string of the molecule is CCOC(=O)C(OCOC)=C1CCN(c2ccc(C(F)(F)F)cc2)CC1. The van der Waals surface area contributed by atoms with Gasteiger partial charge < -0.3 is 19.1 Å². The van der Waals surface area contributed by atoms with E-state index in [1.165, 1.54) is 19.2 Å². The lowest BCUT2D eigenvalue weighted by Crippen LogP contribution is -2.32. The average molecular weight is 373 g/mol.